The van der Waals surface area contributed by atoms with Crippen LogP contribution < -0.4 is 0 Å². The summed E-state index contributed by atoms with van der Waals surface area (Å²) in [6, 6.07) is 13.5. The number of fused-ring (bicyclic) bond motifs is 1. The molecule has 0 aromatic heterocycles. The molecule has 2 aromatic carbocycles. The summed E-state index contributed by atoms with van der Waals surface area (Å²) in [6.45, 7) is 1.91. The molecule has 0 amide bonds. The Morgan fingerprint density at radius 2 is 2.00 bits per heavy atom. The first kappa shape index (κ1) is 12.9. The van der Waals surface area contributed by atoms with Gasteiger partial charge in [0.25, 0.3) is 0 Å². The van der Waals surface area contributed by atoms with Crippen molar-refractivity contribution in [2.24, 2.45) is 0 Å². The highest BCUT2D eigenvalue weighted by molar-refractivity contribution is 5.41. The fourth-order valence-corrected chi connectivity index (χ4v) is 3.05. The minimum Gasteiger partial charge on any atom is -0.207 e. The topological polar surface area (TPSA) is 23.8 Å². The molecule has 1 aliphatic rings. The van der Waals surface area contributed by atoms with Gasteiger partial charge in [0.1, 0.15) is 5.82 Å². The molecule has 100 valence electrons. The summed E-state index contributed by atoms with van der Waals surface area (Å²) in [7, 11) is 0. The van der Waals surface area contributed by atoms with Crippen LogP contribution >= 0.6 is 0 Å². The second kappa shape index (κ2) is 5.09. The van der Waals surface area contributed by atoms with Gasteiger partial charge in [-0.25, -0.2) is 4.39 Å². The van der Waals surface area contributed by atoms with Gasteiger partial charge < -0.3 is 0 Å². The van der Waals surface area contributed by atoms with Crippen LogP contribution in [0.5, 0.6) is 0 Å². The highest BCUT2D eigenvalue weighted by Gasteiger charge is 2.22. The fraction of sp³-hybridized carbons (Fsp3) is 0.278. The van der Waals surface area contributed by atoms with E-state index in [1.807, 2.05) is 37.3 Å². The average Bonchev–Trinajstić information content (AvgIpc) is 2.46. The Bertz CT molecular complexity index is 697. The standard InChI is InChI=1S/C18H16FN/c1-12-2-7-17(18(19)8-12)16-6-5-14-9-13(11-20)3-4-15(14)10-16/h2-4,7-9,16H,5-6,10H2,1H3. The van der Waals surface area contributed by atoms with E-state index >= 15 is 0 Å². The van der Waals surface area contributed by atoms with Crippen LogP contribution in [0.1, 0.15) is 40.2 Å². The lowest BCUT2D eigenvalue weighted by atomic mass is 9.79. The van der Waals surface area contributed by atoms with Gasteiger partial charge in [0.15, 0.2) is 0 Å². The van der Waals surface area contributed by atoms with Gasteiger partial charge in [0.2, 0.25) is 0 Å². The molecule has 0 radical (unpaired) electrons. The Hall–Kier alpha value is -2.14. The lowest BCUT2D eigenvalue weighted by molar-refractivity contribution is 0.533. The van der Waals surface area contributed by atoms with Crippen molar-refractivity contribution in [1.82, 2.24) is 0 Å². The van der Waals surface area contributed by atoms with Crippen LogP contribution in [-0.4, -0.2) is 0 Å². The number of aryl methyl sites for hydroxylation is 2. The number of halogens is 1. The highest BCUT2D eigenvalue weighted by Crippen LogP contribution is 2.34. The van der Waals surface area contributed by atoms with Crippen LogP contribution in [0.4, 0.5) is 4.39 Å². The monoisotopic (exact) mass is 265 g/mol. The van der Waals surface area contributed by atoms with Crippen LogP contribution in [0.25, 0.3) is 0 Å². The van der Waals surface area contributed by atoms with Gasteiger partial charge in [-0.3, -0.25) is 0 Å². The maximum atomic E-state index is 14.1. The van der Waals surface area contributed by atoms with Crippen molar-refractivity contribution in [1.29, 1.82) is 5.26 Å². The van der Waals surface area contributed by atoms with Crippen molar-refractivity contribution in [3.05, 3.63) is 70.0 Å². The van der Waals surface area contributed by atoms with E-state index in [-0.39, 0.29) is 11.7 Å². The number of nitriles is 1. The number of rotatable bonds is 1. The molecule has 1 nitrogen and oxygen atoms in total. The lowest BCUT2D eigenvalue weighted by Crippen LogP contribution is -2.14. The quantitative estimate of drug-likeness (QED) is 0.755. The predicted molar refractivity (Wildman–Crippen MR) is 77.1 cm³/mol. The summed E-state index contributed by atoms with van der Waals surface area (Å²) in [5.41, 5.74) is 4.99. The molecular weight excluding hydrogens is 249 g/mol. The van der Waals surface area contributed by atoms with Crippen molar-refractivity contribution in [2.45, 2.75) is 32.1 Å². The first-order valence-corrected chi connectivity index (χ1v) is 6.95. The van der Waals surface area contributed by atoms with Gasteiger partial charge in [-0.1, -0.05) is 18.2 Å². The zero-order valence-electron chi connectivity index (χ0n) is 11.5. The predicted octanol–water partition coefficient (Wildman–Crippen LogP) is 4.28. The molecule has 1 aliphatic carbocycles. The average molecular weight is 265 g/mol. The lowest BCUT2D eigenvalue weighted by Gasteiger charge is -2.25. The van der Waals surface area contributed by atoms with Crippen molar-refractivity contribution in [3.63, 3.8) is 0 Å². The van der Waals surface area contributed by atoms with E-state index in [9.17, 15) is 4.39 Å². The zero-order valence-corrected chi connectivity index (χ0v) is 11.5. The van der Waals surface area contributed by atoms with E-state index in [1.165, 1.54) is 11.1 Å². The second-order valence-corrected chi connectivity index (χ2v) is 5.56. The minimum atomic E-state index is -0.0907. The van der Waals surface area contributed by atoms with Crippen molar-refractivity contribution >= 4 is 0 Å². The van der Waals surface area contributed by atoms with Crippen molar-refractivity contribution < 1.29 is 4.39 Å². The normalized spacial score (nSPS) is 17.4. The third-order valence-corrected chi connectivity index (χ3v) is 4.16. The molecule has 0 aliphatic heterocycles. The van der Waals surface area contributed by atoms with E-state index in [2.05, 4.69) is 6.07 Å². The van der Waals surface area contributed by atoms with E-state index in [0.29, 0.717) is 5.56 Å². The molecule has 0 fully saturated rings. The molecule has 0 saturated carbocycles. The van der Waals surface area contributed by atoms with Crippen LogP contribution in [-0.2, 0) is 12.8 Å². The second-order valence-electron chi connectivity index (χ2n) is 5.56. The number of benzene rings is 2. The van der Waals surface area contributed by atoms with Crippen molar-refractivity contribution in [2.75, 3.05) is 0 Å². The van der Waals surface area contributed by atoms with Gasteiger partial charge in [-0.2, -0.15) is 5.26 Å². The Labute approximate surface area is 118 Å². The summed E-state index contributed by atoms with van der Waals surface area (Å²) >= 11 is 0. The highest BCUT2D eigenvalue weighted by atomic mass is 19.1. The van der Waals surface area contributed by atoms with Crippen LogP contribution in [0.3, 0.4) is 0 Å². The Balaban J connectivity index is 1.90. The summed E-state index contributed by atoms with van der Waals surface area (Å²) in [4.78, 5) is 0. The molecule has 3 rings (SSSR count). The fourth-order valence-electron chi connectivity index (χ4n) is 3.05. The smallest absolute Gasteiger partial charge is 0.126 e. The van der Waals surface area contributed by atoms with Gasteiger partial charge in [0.05, 0.1) is 11.6 Å². The Kier molecular flexibility index (Phi) is 3.28. The number of hydrogen-bond acceptors (Lipinski definition) is 1. The van der Waals surface area contributed by atoms with Gasteiger partial charge in [-0.05, 0) is 72.6 Å². The molecule has 2 heteroatoms. The third-order valence-electron chi connectivity index (χ3n) is 4.16. The first-order chi connectivity index (χ1) is 9.67. The largest absolute Gasteiger partial charge is 0.207 e. The molecule has 2 aromatic rings. The molecular formula is C18H16FN. The van der Waals surface area contributed by atoms with E-state index < -0.39 is 0 Å². The van der Waals surface area contributed by atoms with Crippen LogP contribution in [0, 0.1) is 24.1 Å². The van der Waals surface area contributed by atoms with Crippen molar-refractivity contribution in [3.8, 4) is 6.07 Å². The molecule has 0 heterocycles. The maximum absolute atomic E-state index is 14.1. The molecule has 1 unspecified atom stereocenters. The molecule has 0 saturated heterocycles. The van der Waals surface area contributed by atoms with Crippen LogP contribution in [0.2, 0.25) is 0 Å². The Morgan fingerprint density at radius 3 is 2.75 bits per heavy atom. The first-order valence-electron chi connectivity index (χ1n) is 6.95. The van der Waals surface area contributed by atoms with E-state index in [0.717, 1.165) is 30.4 Å². The molecule has 0 spiro atoms. The SMILES string of the molecule is Cc1ccc(C2CCc3cc(C#N)ccc3C2)c(F)c1. The zero-order chi connectivity index (χ0) is 14.1. The van der Waals surface area contributed by atoms with Crippen LogP contribution in [0.15, 0.2) is 36.4 Å². The number of nitrogens with zero attached hydrogens (tertiary/aromatic N) is 1. The summed E-state index contributed by atoms with van der Waals surface area (Å²) < 4.78 is 14.1. The summed E-state index contributed by atoms with van der Waals surface area (Å²) in [5.74, 6) is 0.156. The summed E-state index contributed by atoms with van der Waals surface area (Å²) in [6.07, 6.45) is 2.73. The molecule has 0 N–H and O–H groups in total. The summed E-state index contributed by atoms with van der Waals surface area (Å²) in [5, 5.41) is 8.93. The van der Waals surface area contributed by atoms with Gasteiger partial charge in [-0.15, -0.1) is 0 Å². The van der Waals surface area contributed by atoms with Gasteiger partial charge >= 0.3 is 0 Å². The third kappa shape index (κ3) is 2.32. The minimum absolute atomic E-state index is 0.0907. The van der Waals surface area contributed by atoms with Gasteiger partial charge in [0, 0.05) is 0 Å². The van der Waals surface area contributed by atoms with E-state index in [4.69, 9.17) is 5.26 Å². The molecule has 1 atom stereocenters. The number of hydrogen-bond donors (Lipinski definition) is 0. The molecule has 20 heavy (non-hydrogen) atoms. The maximum Gasteiger partial charge on any atom is 0.126 e. The van der Waals surface area contributed by atoms with E-state index in [1.54, 1.807) is 6.07 Å². The molecule has 0 bridgehead atoms. The Morgan fingerprint density at radius 1 is 1.15 bits per heavy atom.